The summed E-state index contributed by atoms with van der Waals surface area (Å²) in [5.41, 5.74) is 3.81. The van der Waals surface area contributed by atoms with Crippen molar-refractivity contribution in [1.82, 2.24) is 4.98 Å². The van der Waals surface area contributed by atoms with Gasteiger partial charge in [0.2, 0.25) is 0 Å². The van der Waals surface area contributed by atoms with Crippen molar-refractivity contribution in [3.63, 3.8) is 0 Å². The Balaban J connectivity index is 1.95. The zero-order valence-corrected chi connectivity index (χ0v) is 18.1. The summed E-state index contributed by atoms with van der Waals surface area (Å²) in [6, 6.07) is 15.4. The number of aryl methyl sites for hydroxylation is 2. The number of pyridine rings is 1. The highest BCUT2D eigenvalue weighted by Gasteiger charge is 2.47. The molecule has 0 bridgehead atoms. The maximum Gasteiger partial charge on any atom is 0.300 e. The standard InChI is InChI=1S/C24H19BrN2O3/c1-14-8-9-16(11-15(14)2)22(28)20-21(17-5-4-10-26-13-17)27(24(30)23(20)29)19-7-3-6-18(25)12-19/h3-13,21,28H,1-2H3/b22-20+. The Morgan fingerprint density at radius 3 is 2.50 bits per heavy atom. The van der Waals surface area contributed by atoms with Crippen molar-refractivity contribution in [2.24, 2.45) is 0 Å². The average molecular weight is 463 g/mol. The molecular weight excluding hydrogens is 444 g/mol. The van der Waals surface area contributed by atoms with E-state index in [1.165, 1.54) is 4.90 Å². The van der Waals surface area contributed by atoms with Crippen LogP contribution >= 0.6 is 15.9 Å². The maximum atomic E-state index is 13.1. The van der Waals surface area contributed by atoms with Gasteiger partial charge in [-0.2, -0.15) is 0 Å². The van der Waals surface area contributed by atoms with Crippen LogP contribution in [-0.2, 0) is 9.59 Å². The van der Waals surface area contributed by atoms with E-state index in [-0.39, 0.29) is 11.3 Å². The zero-order valence-electron chi connectivity index (χ0n) is 16.5. The second kappa shape index (κ2) is 7.88. The number of halogens is 1. The van der Waals surface area contributed by atoms with Gasteiger partial charge in [-0.05, 0) is 60.9 Å². The Bertz CT molecular complexity index is 1190. The van der Waals surface area contributed by atoms with E-state index in [2.05, 4.69) is 20.9 Å². The molecule has 1 unspecified atom stereocenters. The number of aliphatic hydroxyl groups is 1. The fourth-order valence-corrected chi connectivity index (χ4v) is 4.01. The monoisotopic (exact) mass is 462 g/mol. The normalized spacial score (nSPS) is 18.1. The third-order valence-corrected chi connectivity index (χ3v) is 5.80. The maximum absolute atomic E-state index is 13.1. The molecule has 2 aromatic carbocycles. The van der Waals surface area contributed by atoms with Crippen LogP contribution in [0.3, 0.4) is 0 Å². The number of carbonyl (C=O) groups excluding carboxylic acids is 2. The van der Waals surface area contributed by atoms with Crippen molar-refractivity contribution < 1.29 is 14.7 Å². The lowest BCUT2D eigenvalue weighted by atomic mass is 9.95. The molecule has 1 amide bonds. The van der Waals surface area contributed by atoms with Crippen molar-refractivity contribution in [3.8, 4) is 0 Å². The zero-order chi connectivity index (χ0) is 21.4. The molecule has 150 valence electrons. The number of nitrogens with zero attached hydrogens (tertiary/aromatic N) is 2. The highest BCUT2D eigenvalue weighted by molar-refractivity contribution is 9.10. The molecule has 2 heterocycles. The molecular formula is C24H19BrN2O3. The van der Waals surface area contributed by atoms with Crippen molar-refractivity contribution in [1.29, 1.82) is 0 Å². The van der Waals surface area contributed by atoms with E-state index in [9.17, 15) is 14.7 Å². The van der Waals surface area contributed by atoms with Crippen molar-refractivity contribution in [2.75, 3.05) is 4.90 Å². The van der Waals surface area contributed by atoms with E-state index < -0.39 is 17.7 Å². The topological polar surface area (TPSA) is 70.5 Å². The van der Waals surface area contributed by atoms with Crippen LogP contribution in [0.4, 0.5) is 5.69 Å². The fourth-order valence-electron chi connectivity index (χ4n) is 3.62. The van der Waals surface area contributed by atoms with Crippen LogP contribution in [0, 0.1) is 13.8 Å². The van der Waals surface area contributed by atoms with E-state index in [1.807, 2.05) is 32.0 Å². The first-order chi connectivity index (χ1) is 14.4. The molecule has 5 nitrogen and oxygen atoms in total. The summed E-state index contributed by atoms with van der Waals surface area (Å²) in [6.45, 7) is 3.91. The van der Waals surface area contributed by atoms with E-state index in [0.29, 0.717) is 16.8 Å². The summed E-state index contributed by atoms with van der Waals surface area (Å²) >= 11 is 3.42. The molecule has 0 saturated carbocycles. The fraction of sp³-hybridized carbons (Fsp3) is 0.125. The average Bonchev–Trinajstić information content (AvgIpc) is 3.01. The molecule has 1 saturated heterocycles. The van der Waals surface area contributed by atoms with Crippen LogP contribution in [0.25, 0.3) is 5.76 Å². The number of hydrogen-bond donors (Lipinski definition) is 1. The molecule has 0 spiro atoms. The number of amides is 1. The quantitative estimate of drug-likeness (QED) is 0.334. The van der Waals surface area contributed by atoms with Gasteiger partial charge in [0.15, 0.2) is 0 Å². The lowest BCUT2D eigenvalue weighted by Gasteiger charge is -2.25. The first-order valence-corrected chi connectivity index (χ1v) is 10.2. The molecule has 1 aromatic heterocycles. The van der Waals surface area contributed by atoms with Gasteiger partial charge < -0.3 is 5.11 Å². The van der Waals surface area contributed by atoms with Gasteiger partial charge in [-0.25, -0.2) is 0 Å². The number of ketones is 1. The number of anilines is 1. The Hall–Kier alpha value is -3.25. The number of Topliss-reactive ketones (excluding diaryl/α,β-unsaturated/α-hetero) is 1. The number of hydrogen-bond acceptors (Lipinski definition) is 4. The van der Waals surface area contributed by atoms with Crippen LogP contribution < -0.4 is 4.90 Å². The third kappa shape index (κ3) is 3.44. The second-order valence-corrected chi connectivity index (χ2v) is 8.15. The van der Waals surface area contributed by atoms with Gasteiger partial charge in [0.05, 0.1) is 11.6 Å². The molecule has 0 radical (unpaired) electrons. The second-order valence-electron chi connectivity index (χ2n) is 7.23. The Morgan fingerprint density at radius 2 is 1.83 bits per heavy atom. The van der Waals surface area contributed by atoms with Crippen LogP contribution in [0.1, 0.15) is 28.3 Å². The van der Waals surface area contributed by atoms with E-state index in [1.54, 1.807) is 48.8 Å². The van der Waals surface area contributed by atoms with Gasteiger partial charge in [0.25, 0.3) is 11.7 Å². The van der Waals surface area contributed by atoms with Crippen molar-refractivity contribution >= 4 is 39.1 Å². The minimum Gasteiger partial charge on any atom is -0.507 e. The van der Waals surface area contributed by atoms with Crippen molar-refractivity contribution in [3.05, 3.63) is 99.3 Å². The van der Waals surface area contributed by atoms with Gasteiger partial charge in [0, 0.05) is 28.1 Å². The lowest BCUT2D eigenvalue weighted by molar-refractivity contribution is -0.132. The molecule has 1 aliphatic rings. The van der Waals surface area contributed by atoms with Gasteiger partial charge in [-0.15, -0.1) is 0 Å². The number of aromatic nitrogens is 1. The highest BCUT2D eigenvalue weighted by Crippen LogP contribution is 2.42. The number of aliphatic hydroxyl groups excluding tert-OH is 1. The van der Waals surface area contributed by atoms with Gasteiger partial charge in [0.1, 0.15) is 5.76 Å². The van der Waals surface area contributed by atoms with E-state index in [0.717, 1.165) is 15.6 Å². The molecule has 1 atom stereocenters. The summed E-state index contributed by atoms with van der Waals surface area (Å²) in [7, 11) is 0. The molecule has 1 fully saturated rings. The Kier molecular flexibility index (Phi) is 5.26. The van der Waals surface area contributed by atoms with Crippen LogP contribution in [0.15, 0.2) is 77.0 Å². The van der Waals surface area contributed by atoms with Gasteiger partial charge in [-0.1, -0.05) is 40.2 Å². The summed E-state index contributed by atoms with van der Waals surface area (Å²) < 4.78 is 0.779. The van der Waals surface area contributed by atoms with Gasteiger partial charge in [-0.3, -0.25) is 19.5 Å². The smallest absolute Gasteiger partial charge is 0.300 e. The minimum absolute atomic E-state index is 0.0521. The lowest BCUT2D eigenvalue weighted by Crippen LogP contribution is -2.29. The van der Waals surface area contributed by atoms with E-state index in [4.69, 9.17) is 0 Å². The van der Waals surface area contributed by atoms with Crippen LogP contribution in [0.2, 0.25) is 0 Å². The van der Waals surface area contributed by atoms with E-state index >= 15 is 0 Å². The van der Waals surface area contributed by atoms with Crippen LogP contribution in [-0.4, -0.2) is 21.8 Å². The number of benzene rings is 2. The minimum atomic E-state index is -0.783. The summed E-state index contributed by atoms with van der Waals surface area (Å²) in [6.07, 6.45) is 3.23. The molecule has 0 aliphatic carbocycles. The van der Waals surface area contributed by atoms with Gasteiger partial charge >= 0.3 is 0 Å². The number of rotatable bonds is 3. The summed E-state index contributed by atoms with van der Waals surface area (Å²) in [5.74, 6) is -1.60. The predicted molar refractivity (Wildman–Crippen MR) is 119 cm³/mol. The van der Waals surface area contributed by atoms with Crippen LogP contribution in [0.5, 0.6) is 0 Å². The molecule has 1 aliphatic heterocycles. The molecule has 3 aromatic rings. The third-order valence-electron chi connectivity index (χ3n) is 5.31. The SMILES string of the molecule is Cc1ccc(/C(O)=C2\C(=O)C(=O)N(c3cccc(Br)c3)C2c2cccnc2)cc1C. The summed E-state index contributed by atoms with van der Waals surface area (Å²) in [4.78, 5) is 31.7. The van der Waals surface area contributed by atoms with Crippen molar-refractivity contribution in [2.45, 2.75) is 19.9 Å². The number of carbonyl (C=O) groups is 2. The predicted octanol–water partition coefficient (Wildman–Crippen LogP) is 5.09. The first kappa shape index (κ1) is 20.0. The molecule has 4 rings (SSSR count). The Morgan fingerprint density at radius 1 is 1.03 bits per heavy atom. The largest absolute Gasteiger partial charge is 0.507 e. The first-order valence-electron chi connectivity index (χ1n) is 9.42. The molecule has 1 N–H and O–H groups in total. The molecule has 6 heteroatoms. The summed E-state index contributed by atoms with van der Waals surface area (Å²) in [5, 5.41) is 11.1. The highest BCUT2D eigenvalue weighted by atomic mass is 79.9. The molecule has 30 heavy (non-hydrogen) atoms. The Labute approximate surface area is 182 Å².